The SMILES string of the molecule is Cc1nn(C)c(F)c1C(=O)ON1C(=O)c2ccccc2C1=O. The maximum atomic E-state index is 13.8. The van der Waals surface area contributed by atoms with E-state index < -0.39 is 29.3 Å². The average molecular weight is 303 g/mol. The third-order valence-electron chi connectivity index (χ3n) is 3.29. The van der Waals surface area contributed by atoms with Crippen LogP contribution in [0, 0.1) is 12.9 Å². The number of amides is 2. The first-order valence-electron chi connectivity index (χ1n) is 6.31. The Morgan fingerprint density at radius 1 is 1.18 bits per heavy atom. The Hall–Kier alpha value is -3.03. The van der Waals surface area contributed by atoms with Gasteiger partial charge in [0, 0.05) is 7.05 Å². The predicted octanol–water partition coefficient (Wildman–Crippen LogP) is 1.24. The summed E-state index contributed by atoms with van der Waals surface area (Å²) in [5, 5.41) is 4.07. The van der Waals surface area contributed by atoms with Crippen LogP contribution >= 0.6 is 0 Å². The summed E-state index contributed by atoms with van der Waals surface area (Å²) in [6, 6.07) is 6.05. The maximum Gasteiger partial charge on any atom is 0.370 e. The van der Waals surface area contributed by atoms with E-state index in [-0.39, 0.29) is 16.8 Å². The normalized spacial score (nSPS) is 13.5. The minimum absolute atomic E-state index is 0.0987. The van der Waals surface area contributed by atoms with Gasteiger partial charge in [0.05, 0.1) is 16.8 Å². The third-order valence-corrected chi connectivity index (χ3v) is 3.29. The number of carbonyl (C=O) groups excluding carboxylic acids is 3. The van der Waals surface area contributed by atoms with Gasteiger partial charge < -0.3 is 4.84 Å². The molecular formula is C14H10FN3O4. The van der Waals surface area contributed by atoms with Crippen LogP contribution in [0.25, 0.3) is 0 Å². The van der Waals surface area contributed by atoms with Crippen molar-refractivity contribution in [3.8, 4) is 0 Å². The summed E-state index contributed by atoms with van der Waals surface area (Å²) in [5.41, 5.74) is -0.0620. The van der Waals surface area contributed by atoms with Gasteiger partial charge in [-0.1, -0.05) is 17.2 Å². The molecule has 2 aromatic rings. The fourth-order valence-electron chi connectivity index (χ4n) is 2.24. The molecule has 3 rings (SSSR count). The average Bonchev–Trinajstić information content (AvgIpc) is 2.88. The lowest BCUT2D eigenvalue weighted by atomic mass is 10.1. The highest BCUT2D eigenvalue weighted by Crippen LogP contribution is 2.24. The van der Waals surface area contributed by atoms with E-state index in [1.54, 1.807) is 12.1 Å². The number of benzene rings is 1. The van der Waals surface area contributed by atoms with E-state index in [4.69, 9.17) is 4.84 Å². The Morgan fingerprint density at radius 2 is 1.73 bits per heavy atom. The van der Waals surface area contributed by atoms with Crippen LogP contribution in [-0.2, 0) is 11.9 Å². The van der Waals surface area contributed by atoms with E-state index in [2.05, 4.69) is 5.10 Å². The van der Waals surface area contributed by atoms with Gasteiger partial charge in [0.25, 0.3) is 11.8 Å². The Balaban J connectivity index is 1.90. The summed E-state index contributed by atoms with van der Waals surface area (Å²) >= 11 is 0. The van der Waals surface area contributed by atoms with Crippen molar-refractivity contribution in [2.45, 2.75) is 6.92 Å². The van der Waals surface area contributed by atoms with E-state index >= 15 is 0 Å². The minimum Gasteiger partial charge on any atom is -0.324 e. The molecule has 8 heteroatoms. The van der Waals surface area contributed by atoms with Crippen molar-refractivity contribution in [1.82, 2.24) is 14.8 Å². The molecule has 0 saturated carbocycles. The van der Waals surface area contributed by atoms with E-state index in [9.17, 15) is 18.8 Å². The lowest BCUT2D eigenvalue weighted by Gasteiger charge is -2.12. The molecule has 2 amide bonds. The first-order chi connectivity index (χ1) is 10.4. The Kier molecular flexibility index (Phi) is 3.01. The second-order valence-corrected chi connectivity index (χ2v) is 4.70. The van der Waals surface area contributed by atoms with Crippen molar-refractivity contribution in [2.75, 3.05) is 0 Å². The van der Waals surface area contributed by atoms with Gasteiger partial charge in [-0.25, -0.2) is 9.48 Å². The van der Waals surface area contributed by atoms with Crippen LogP contribution in [0.2, 0.25) is 0 Å². The number of aromatic nitrogens is 2. The molecule has 0 unspecified atom stereocenters. The number of fused-ring (bicyclic) bond motifs is 1. The maximum absolute atomic E-state index is 13.8. The van der Waals surface area contributed by atoms with Gasteiger partial charge in [-0.15, -0.1) is 0 Å². The van der Waals surface area contributed by atoms with Crippen LogP contribution in [0.4, 0.5) is 4.39 Å². The molecule has 0 N–H and O–H groups in total. The molecule has 2 heterocycles. The number of hydrogen-bond donors (Lipinski definition) is 0. The summed E-state index contributed by atoms with van der Waals surface area (Å²) in [4.78, 5) is 40.9. The number of halogens is 1. The van der Waals surface area contributed by atoms with Crippen molar-refractivity contribution < 1.29 is 23.6 Å². The van der Waals surface area contributed by atoms with Gasteiger partial charge in [-0.3, -0.25) is 9.59 Å². The zero-order valence-electron chi connectivity index (χ0n) is 11.7. The fourth-order valence-corrected chi connectivity index (χ4v) is 2.24. The molecule has 0 atom stereocenters. The molecule has 0 fully saturated rings. The number of nitrogens with zero attached hydrogens (tertiary/aromatic N) is 3. The van der Waals surface area contributed by atoms with Crippen molar-refractivity contribution in [3.63, 3.8) is 0 Å². The number of rotatable bonds is 2. The molecule has 112 valence electrons. The monoisotopic (exact) mass is 303 g/mol. The second kappa shape index (κ2) is 4.76. The lowest BCUT2D eigenvalue weighted by molar-refractivity contribution is -0.0588. The number of aryl methyl sites for hydroxylation is 2. The summed E-state index contributed by atoms with van der Waals surface area (Å²) in [7, 11) is 1.32. The Bertz CT molecular complexity index is 792. The van der Waals surface area contributed by atoms with Crippen LogP contribution in [0.3, 0.4) is 0 Å². The van der Waals surface area contributed by atoms with Gasteiger partial charge in [0.2, 0.25) is 5.95 Å². The third kappa shape index (κ3) is 1.88. The number of hydroxylamine groups is 2. The van der Waals surface area contributed by atoms with Crippen LogP contribution in [0.1, 0.15) is 36.8 Å². The highest BCUT2D eigenvalue weighted by Gasteiger charge is 2.39. The zero-order valence-corrected chi connectivity index (χ0v) is 11.7. The number of imide groups is 1. The van der Waals surface area contributed by atoms with Crippen LogP contribution in [-0.4, -0.2) is 32.6 Å². The molecule has 22 heavy (non-hydrogen) atoms. The highest BCUT2D eigenvalue weighted by atomic mass is 19.1. The van der Waals surface area contributed by atoms with E-state index in [1.807, 2.05) is 0 Å². The molecule has 0 aliphatic carbocycles. The van der Waals surface area contributed by atoms with Gasteiger partial charge in [-0.2, -0.15) is 9.49 Å². The van der Waals surface area contributed by atoms with Crippen molar-refractivity contribution >= 4 is 17.8 Å². The molecule has 0 spiro atoms. The Morgan fingerprint density at radius 3 is 2.18 bits per heavy atom. The van der Waals surface area contributed by atoms with E-state index in [1.165, 1.54) is 26.1 Å². The summed E-state index contributed by atoms with van der Waals surface area (Å²) in [5.74, 6) is -3.59. The molecule has 1 aromatic heterocycles. The largest absolute Gasteiger partial charge is 0.370 e. The standard InChI is InChI=1S/C14H10FN3O4/c1-7-10(11(15)17(2)16-7)14(21)22-18-12(19)8-5-3-4-6-9(8)13(18)20/h3-6H,1-2H3. The quantitative estimate of drug-likeness (QED) is 0.780. The second-order valence-electron chi connectivity index (χ2n) is 4.70. The topological polar surface area (TPSA) is 81.5 Å². The number of hydrogen-bond acceptors (Lipinski definition) is 5. The Labute approximate surface area is 123 Å². The van der Waals surface area contributed by atoms with Gasteiger partial charge in [0.15, 0.2) is 0 Å². The first kappa shape index (κ1) is 13.9. The van der Waals surface area contributed by atoms with Crippen molar-refractivity contribution in [2.24, 2.45) is 7.05 Å². The zero-order chi connectivity index (χ0) is 16.0. The smallest absolute Gasteiger partial charge is 0.324 e. The molecule has 0 saturated heterocycles. The van der Waals surface area contributed by atoms with Gasteiger partial charge in [-0.05, 0) is 19.1 Å². The lowest BCUT2D eigenvalue weighted by Crippen LogP contribution is -2.33. The molecule has 0 radical (unpaired) electrons. The summed E-state index contributed by atoms with van der Waals surface area (Å²) in [6.45, 7) is 1.42. The fraction of sp³-hybridized carbons (Fsp3) is 0.143. The summed E-state index contributed by atoms with van der Waals surface area (Å²) < 4.78 is 14.7. The van der Waals surface area contributed by atoms with Crippen LogP contribution in [0.5, 0.6) is 0 Å². The van der Waals surface area contributed by atoms with Crippen LogP contribution < -0.4 is 0 Å². The molecular weight excluding hydrogens is 293 g/mol. The van der Waals surface area contributed by atoms with Crippen LogP contribution in [0.15, 0.2) is 24.3 Å². The predicted molar refractivity (Wildman–Crippen MR) is 70.3 cm³/mol. The highest BCUT2D eigenvalue weighted by molar-refractivity contribution is 6.21. The minimum atomic E-state index is -1.15. The molecule has 7 nitrogen and oxygen atoms in total. The molecule has 0 bridgehead atoms. The van der Waals surface area contributed by atoms with E-state index in [0.717, 1.165) is 4.68 Å². The summed E-state index contributed by atoms with van der Waals surface area (Å²) in [6.07, 6.45) is 0. The van der Waals surface area contributed by atoms with Crippen molar-refractivity contribution in [3.05, 3.63) is 52.6 Å². The van der Waals surface area contributed by atoms with E-state index in [0.29, 0.717) is 5.06 Å². The van der Waals surface area contributed by atoms with Crippen molar-refractivity contribution in [1.29, 1.82) is 0 Å². The number of carbonyl (C=O) groups is 3. The van der Waals surface area contributed by atoms with Gasteiger partial charge in [0.1, 0.15) is 5.56 Å². The molecule has 1 aliphatic heterocycles. The molecule has 1 aromatic carbocycles. The molecule has 1 aliphatic rings. The van der Waals surface area contributed by atoms with Gasteiger partial charge >= 0.3 is 5.97 Å². The first-order valence-corrected chi connectivity index (χ1v) is 6.31.